The lowest BCUT2D eigenvalue weighted by Crippen LogP contribution is -2.29. The Labute approximate surface area is 354 Å². The van der Waals surface area contributed by atoms with Crippen LogP contribution in [-0.2, 0) is 19.1 Å². The maximum Gasteiger partial charge on any atom is 0.317 e. The first-order valence-corrected chi connectivity index (χ1v) is 20.0. The smallest absolute Gasteiger partial charge is 0.317 e. The summed E-state index contributed by atoms with van der Waals surface area (Å²) in [6.07, 6.45) is 3.99. The van der Waals surface area contributed by atoms with Crippen molar-refractivity contribution in [3.8, 4) is 39.9 Å². The van der Waals surface area contributed by atoms with Crippen molar-refractivity contribution < 1.29 is 42.7 Å². The third kappa shape index (κ3) is 10.6. The average Bonchev–Trinajstić information content (AvgIpc) is 3.25. The molecule has 0 radical (unpaired) electrons. The molecular formula is C46H50N4O9S. The van der Waals surface area contributed by atoms with E-state index in [4.69, 9.17) is 33.2 Å². The van der Waals surface area contributed by atoms with Crippen molar-refractivity contribution in [2.24, 2.45) is 20.7 Å². The van der Waals surface area contributed by atoms with Crippen LogP contribution in [0.2, 0.25) is 0 Å². The summed E-state index contributed by atoms with van der Waals surface area (Å²) < 4.78 is 39.1. The van der Waals surface area contributed by atoms with E-state index >= 15 is 0 Å². The standard InChI is InChI=1S/C46H50N4O9S/c1-46(2,3)45(52)59-44(50-48-27-29-22-38(55-6)41(58-9)39(23-29)56-7)40(57-8)34-16-12-13-30-18-19-32(25-35(30)34)31-14-11-15-33(24-31)42(60-10)43(51)49-47-26-28-17-20-36(53-4)37(21-28)54-5/h11-27,40,42H,1-10H3,(H,49,51)/b47-26+,48-27+,50-44-. The molecule has 0 aliphatic rings. The summed E-state index contributed by atoms with van der Waals surface area (Å²) in [6, 6.07) is 28.5. The van der Waals surface area contributed by atoms with Gasteiger partial charge < -0.3 is 33.2 Å². The number of rotatable bonds is 16. The summed E-state index contributed by atoms with van der Waals surface area (Å²) in [6.45, 7) is 5.26. The van der Waals surface area contributed by atoms with E-state index in [0.29, 0.717) is 39.9 Å². The topological polar surface area (TPSA) is 148 Å². The molecule has 1 N–H and O–H groups in total. The molecule has 0 bridgehead atoms. The summed E-state index contributed by atoms with van der Waals surface area (Å²) in [5.74, 6) is 1.63. The number of carbonyl (C=O) groups excluding carboxylic acids is 2. The Morgan fingerprint density at radius 3 is 2.00 bits per heavy atom. The van der Waals surface area contributed by atoms with E-state index in [9.17, 15) is 9.59 Å². The number of fused-ring (bicyclic) bond motifs is 1. The number of amides is 1. The fourth-order valence-electron chi connectivity index (χ4n) is 6.21. The van der Waals surface area contributed by atoms with E-state index < -0.39 is 22.7 Å². The van der Waals surface area contributed by atoms with Gasteiger partial charge in [-0.2, -0.15) is 10.2 Å². The molecule has 1 amide bonds. The van der Waals surface area contributed by atoms with Gasteiger partial charge in [0.05, 0.1) is 53.4 Å². The summed E-state index contributed by atoms with van der Waals surface area (Å²) >= 11 is 1.40. The number of nitrogens with zero attached hydrogens (tertiary/aromatic N) is 3. The van der Waals surface area contributed by atoms with Crippen LogP contribution in [0.25, 0.3) is 21.9 Å². The molecule has 13 nitrogen and oxygen atoms in total. The van der Waals surface area contributed by atoms with Crippen molar-refractivity contribution in [2.75, 3.05) is 48.9 Å². The second-order valence-corrected chi connectivity index (χ2v) is 15.2. The zero-order valence-corrected chi connectivity index (χ0v) is 36.2. The van der Waals surface area contributed by atoms with Gasteiger partial charge in [-0.05, 0) is 108 Å². The van der Waals surface area contributed by atoms with Gasteiger partial charge in [0.1, 0.15) is 5.25 Å². The van der Waals surface area contributed by atoms with Crippen LogP contribution < -0.4 is 29.1 Å². The number of thioether (sulfide) groups is 1. The number of hydrogen-bond donors (Lipinski definition) is 1. The van der Waals surface area contributed by atoms with E-state index in [-0.39, 0.29) is 11.8 Å². The van der Waals surface area contributed by atoms with E-state index in [0.717, 1.165) is 33.0 Å². The molecule has 0 aliphatic heterocycles. The minimum absolute atomic E-state index is 0.0522. The third-order valence-electron chi connectivity index (χ3n) is 9.31. The van der Waals surface area contributed by atoms with Crippen molar-refractivity contribution >= 4 is 52.7 Å². The lowest BCUT2D eigenvalue weighted by molar-refractivity contribution is -0.145. The van der Waals surface area contributed by atoms with Crippen molar-refractivity contribution in [2.45, 2.75) is 32.1 Å². The van der Waals surface area contributed by atoms with E-state index in [1.165, 1.54) is 46.4 Å². The molecular weight excluding hydrogens is 785 g/mol. The molecule has 2 atom stereocenters. The number of nitrogens with one attached hydrogen (secondary N) is 1. The molecule has 0 spiro atoms. The van der Waals surface area contributed by atoms with Gasteiger partial charge in [-0.3, -0.25) is 9.59 Å². The number of ether oxygens (including phenoxy) is 7. The van der Waals surface area contributed by atoms with Gasteiger partial charge >= 0.3 is 5.97 Å². The van der Waals surface area contributed by atoms with Gasteiger partial charge in [-0.1, -0.05) is 48.5 Å². The van der Waals surface area contributed by atoms with Crippen LogP contribution in [-0.4, -0.2) is 79.1 Å². The Balaban J connectivity index is 1.47. The van der Waals surface area contributed by atoms with Crippen LogP contribution in [0.4, 0.5) is 0 Å². The highest BCUT2D eigenvalue weighted by atomic mass is 32.2. The Morgan fingerprint density at radius 1 is 0.700 bits per heavy atom. The van der Waals surface area contributed by atoms with Gasteiger partial charge in [0.2, 0.25) is 5.75 Å². The second kappa shape index (κ2) is 20.5. The third-order valence-corrected chi connectivity index (χ3v) is 10.3. The number of carbonyl (C=O) groups is 2. The molecule has 0 aliphatic carbocycles. The van der Waals surface area contributed by atoms with Crippen molar-refractivity contribution in [3.63, 3.8) is 0 Å². The van der Waals surface area contributed by atoms with Crippen LogP contribution >= 0.6 is 11.8 Å². The highest BCUT2D eigenvalue weighted by Gasteiger charge is 2.30. The van der Waals surface area contributed by atoms with Crippen LogP contribution in [0.1, 0.15) is 54.4 Å². The van der Waals surface area contributed by atoms with Crippen LogP contribution in [0.5, 0.6) is 28.7 Å². The molecule has 14 heteroatoms. The summed E-state index contributed by atoms with van der Waals surface area (Å²) in [4.78, 5) is 26.8. The van der Waals surface area contributed by atoms with E-state index in [2.05, 4.69) is 20.7 Å². The number of benzene rings is 5. The van der Waals surface area contributed by atoms with Crippen molar-refractivity contribution in [3.05, 3.63) is 113 Å². The van der Waals surface area contributed by atoms with Gasteiger partial charge in [0.15, 0.2) is 29.1 Å². The van der Waals surface area contributed by atoms with Crippen LogP contribution in [0.3, 0.4) is 0 Å². The summed E-state index contributed by atoms with van der Waals surface area (Å²) in [5, 5.41) is 14.2. The van der Waals surface area contributed by atoms with Crippen molar-refractivity contribution in [1.29, 1.82) is 0 Å². The van der Waals surface area contributed by atoms with Gasteiger partial charge in [0.25, 0.3) is 11.8 Å². The first-order valence-electron chi connectivity index (χ1n) is 18.8. The second-order valence-electron chi connectivity index (χ2n) is 14.3. The fraction of sp³-hybridized carbons (Fsp3) is 0.283. The highest BCUT2D eigenvalue weighted by molar-refractivity contribution is 7.99. The van der Waals surface area contributed by atoms with E-state index in [1.54, 1.807) is 65.5 Å². The molecule has 0 saturated carbocycles. The molecule has 0 saturated heterocycles. The van der Waals surface area contributed by atoms with E-state index in [1.807, 2.05) is 73.0 Å². The molecule has 60 heavy (non-hydrogen) atoms. The number of esters is 1. The Morgan fingerprint density at radius 2 is 1.37 bits per heavy atom. The quantitative estimate of drug-likeness (QED) is 0.0443. The Kier molecular flexibility index (Phi) is 15.3. The van der Waals surface area contributed by atoms with Gasteiger partial charge in [-0.25, -0.2) is 5.43 Å². The average molecular weight is 835 g/mol. The van der Waals surface area contributed by atoms with Gasteiger partial charge in [-0.15, -0.1) is 16.9 Å². The minimum atomic E-state index is -0.928. The molecule has 5 aromatic rings. The molecule has 0 heterocycles. The summed E-state index contributed by atoms with van der Waals surface area (Å²) in [5.41, 5.74) is 6.45. The van der Waals surface area contributed by atoms with Crippen molar-refractivity contribution in [1.82, 2.24) is 5.43 Å². The maximum absolute atomic E-state index is 13.4. The molecule has 5 aromatic carbocycles. The SMILES string of the molecule is COc1ccc(/C=N/NC(=O)C(SC)c2cccc(-c3ccc4cccc(C(OC)/C(=N/N=C/c5cc(OC)c(OC)c(OC)c5)OC(=O)C(C)(C)C)c4c3)c2)cc1OC. The zero-order valence-electron chi connectivity index (χ0n) is 35.4. The number of hydrazone groups is 1. The first-order chi connectivity index (χ1) is 28.9. The number of methoxy groups -OCH3 is 6. The Bertz CT molecular complexity index is 2380. The molecule has 2 unspecified atom stereocenters. The highest BCUT2D eigenvalue weighted by Crippen LogP contribution is 2.38. The lowest BCUT2D eigenvalue weighted by Gasteiger charge is -2.22. The maximum atomic E-state index is 13.4. The molecule has 5 rings (SSSR count). The summed E-state index contributed by atoms with van der Waals surface area (Å²) in [7, 11) is 9.22. The first kappa shape index (κ1) is 44.7. The largest absolute Gasteiger partial charge is 0.493 e. The normalized spacial score (nSPS) is 12.9. The van der Waals surface area contributed by atoms with Gasteiger partial charge in [0, 0.05) is 12.7 Å². The minimum Gasteiger partial charge on any atom is -0.493 e. The predicted octanol–water partition coefficient (Wildman–Crippen LogP) is 8.81. The fourth-order valence-corrected chi connectivity index (χ4v) is 6.89. The molecule has 0 aromatic heterocycles. The molecule has 314 valence electrons. The van der Waals surface area contributed by atoms with Crippen LogP contribution in [0.15, 0.2) is 106 Å². The molecule has 0 fully saturated rings. The predicted molar refractivity (Wildman–Crippen MR) is 237 cm³/mol. The zero-order chi connectivity index (χ0) is 43.4. The Hall–Kier alpha value is -6.38. The van der Waals surface area contributed by atoms with Crippen LogP contribution in [0, 0.1) is 5.41 Å². The monoisotopic (exact) mass is 834 g/mol. The lowest BCUT2D eigenvalue weighted by atomic mass is 9.94. The number of hydrogen-bond acceptors (Lipinski definition) is 13.